The third-order valence-electron chi connectivity index (χ3n) is 6.53. The van der Waals surface area contributed by atoms with Gasteiger partial charge in [0.2, 0.25) is 0 Å². The molecule has 2 aliphatic heterocycles. The van der Waals surface area contributed by atoms with E-state index in [1.807, 2.05) is 0 Å². The fourth-order valence-electron chi connectivity index (χ4n) is 4.95. The van der Waals surface area contributed by atoms with Crippen LogP contribution in [0.15, 0.2) is 11.6 Å². The van der Waals surface area contributed by atoms with E-state index < -0.39 is 7.26 Å². The van der Waals surface area contributed by atoms with Gasteiger partial charge in [-0.05, 0) is 68.5 Å². The van der Waals surface area contributed by atoms with Crippen LogP contribution in [0, 0.1) is 0 Å². The van der Waals surface area contributed by atoms with Gasteiger partial charge in [0.15, 0.2) is 0 Å². The van der Waals surface area contributed by atoms with E-state index in [4.69, 9.17) is 0 Å². The Bertz CT molecular complexity index is 325. The number of rotatable bonds is 6. The Balaban J connectivity index is 2.16. The first kappa shape index (κ1) is 17.9. The Labute approximate surface area is 135 Å². The molecule has 0 N–H and O–H groups in total. The van der Waals surface area contributed by atoms with Gasteiger partial charge in [-0.2, -0.15) is 0 Å². The predicted octanol–water partition coefficient (Wildman–Crippen LogP) is 7.29. The average Bonchev–Trinajstić information content (AvgIpc) is 3.04. The Morgan fingerprint density at radius 1 is 0.810 bits per heavy atom. The number of hydrogen-bond donors (Lipinski definition) is 0. The van der Waals surface area contributed by atoms with E-state index in [0.29, 0.717) is 0 Å². The van der Waals surface area contributed by atoms with Gasteiger partial charge < -0.3 is 0 Å². The molecule has 0 aromatic heterocycles. The molecule has 0 saturated carbocycles. The highest BCUT2D eigenvalue weighted by atomic mass is 31.2. The van der Waals surface area contributed by atoms with Crippen LogP contribution in [0.5, 0.6) is 0 Å². The predicted molar refractivity (Wildman–Crippen MR) is 104 cm³/mol. The van der Waals surface area contributed by atoms with Crippen LogP contribution in [0.2, 0.25) is 0 Å². The Morgan fingerprint density at radius 3 is 1.67 bits per heavy atom. The quantitative estimate of drug-likeness (QED) is 0.449. The Hall–Kier alpha value is 0.600. The van der Waals surface area contributed by atoms with Crippen molar-refractivity contribution in [2.45, 2.75) is 102 Å². The summed E-state index contributed by atoms with van der Waals surface area (Å²) in [4.78, 5) is 0. The minimum Gasteiger partial charge on any atom is -0.0734 e. The van der Waals surface area contributed by atoms with Gasteiger partial charge in [0, 0.05) is 7.26 Å². The molecule has 21 heavy (non-hydrogen) atoms. The Morgan fingerprint density at radius 2 is 1.29 bits per heavy atom. The fourth-order valence-corrected chi connectivity index (χ4v) is 13.6. The highest BCUT2D eigenvalue weighted by Gasteiger charge is 2.50. The van der Waals surface area contributed by atoms with Crippen LogP contribution in [0.25, 0.3) is 0 Å². The summed E-state index contributed by atoms with van der Waals surface area (Å²) in [5.74, 6) is 5.64. The van der Waals surface area contributed by atoms with Crippen molar-refractivity contribution in [1.29, 1.82) is 0 Å². The zero-order valence-corrected chi connectivity index (χ0v) is 16.8. The van der Waals surface area contributed by atoms with Crippen LogP contribution in [0.1, 0.15) is 79.1 Å². The fraction of sp³-hybridized carbons (Fsp3) is 0.895. The summed E-state index contributed by atoms with van der Waals surface area (Å²) >= 11 is 0. The van der Waals surface area contributed by atoms with Crippen molar-refractivity contribution in [3.63, 3.8) is 0 Å². The molecule has 0 spiro atoms. The van der Waals surface area contributed by atoms with Crippen molar-refractivity contribution in [2.75, 3.05) is 6.66 Å². The molecule has 0 aliphatic carbocycles. The van der Waals surface area contributed by atoms with E-state index >= 15 is 0 Å². The molecule has 2 aliphatic rings. The SMILES string of the molecule is CC[C@@H]1CC[C@@H](CC)P1/C=C\[P+]1(C)[C@H](CC)CC[C@H]1CC. The molecule has 0 bridgehead atoms. The molecular formula is C19H37P2+. The molecule has 2 heteroatoms. The van der Waals surface area contributed by atoms with Gasteiger partial charge in [0.25, 0.3) is 0 Å². The summed E-state index contributed by atoms with van der Waals surface area (Å²) in [5, 5.41) is 0. The highest BCUT2D eigenvalue weighted by Crippen LogP contribution is 2.74. The third kappa shape index (κ3) is 3.58. The minimum absolute atomic E-state index is 0.179. The maximum atomic E-state index is 2.84. The third-order valence-corrected chi connectivity index (χ3v) is 15.4. The lowest BCUT2D eigenvalue weighted by Crippen LogP contribution is -2.11. The molecule has 2 saturated heterocycles. The molecule has 0 nitrogen and oxygen atoms in total. The van der Waals surface area contributed by atoms with Crippen LogP contribution in [0.4, 0.5) is 0 Å². The molecule has 122 valence electrons. The van der Waals surface area contributed by atoms with Crippen LogP contribution < -0.4 is 0 Å². The van der Waals surface area contributed by atoms with Crippen molar-refractivity contribution in [1.82, 2.24) is 0 Å². The minimum atomic E-state index is -0.831. The summed E-state index contributed by atoms with van der Waals surface area (Å²) in [6.07, 6.45) is 11.7. The zero-order valence-electron chi connectivity index (χ0n) is 15.0. The monoisotopic (exact) mass is 327 g/mol. The molecule has 2 rings (SSSR count). The molecule has 2 heterocycles. The molecule has 0 unspecified atom stereocenters. The molecule has 4 atom stereocenters. The van der Waals surface area contributed by atoms with Crippen molar-refractivity contribution in [3.8, 4) is 0 Å². The van der Waals surface area contributed by atoms with Gasteiger partial charge in [-0.25, -0.2) is 0 Å². The maximum Gasteiger partial charge on any atom is 0.0737 e. The summed E-state index contributed by atoms with van der Waals surface area (Å²) in [6, 6.07) is 0. The second kappa shape index (κ2) is 7.93. The first-order valence-corrected chi connectivity index (χ1v) is 13.4. The van der Waals surface area contributed by atoms with E-state index in [2.05, 4.69) is 46.0 Å². The van der Waals surface area contributed by atoms with Crippen molar-refractivity contribution in [2.24, 2.45) is 0 Å². The highest BCUT2D eigenvalue weighted by molar-refractivity contribution is 7.80. The molecule has 0 aromatic rings. The van der Waals surface area contributed by atoms with E-state index in [-0.39, 0.29) is 7.92 Å². The maximum absolute atomic E-state index is 2.84. The average molecular weight is 327 g/mol. The van der Waals surface area contributed by atoms with Crippen molar-refractivity contribution < 1.29 is 0 Å². The molecule has 0 radical (unpaired) electrons. The largest absolute Gasteiger partial charge is 0.0737 e. The lowest BCUT2D eigenvalue weighted by molar-refractivity contribution is 0.696. The second-order valence-electron chi connectivity index (χ2n) is 7.37. The summed E-state index contributed by atoms with van der Waals surface area (Å²) in [7, 11) is -0.652. The van der Waals surface area contributed by atoms with Gasteiger partial charge in [-0.3, -0.25) is 0 Å². The van der Waals surface area contributed by atoms with E-state index in [9.17, 15) is 0 Å². The van der Waals surface area contributed by atoms with Gasteiger partial charge in [0.05, 0.1) is 23.8 Å². The smallest absolute Gasteiger partial charge is 0.0734 e. The van der Waals surface area contributed by atoms with Gasteiger partial charge >= 0.3 is 0 Å². The van der Waals surface area contributed by atoms with Gasteiger partial charge in [0.1, 0.15) is 0 Å². The van der Waals surface area contributed by atoms with E-state index in [0.717, 1.165) is 22.6 Å². The second-order valence-corrected chi connectivity index (χ2v) is 14.2. The van der Waals surface area contributed by atoms with Crippen LogP contribution in [-0.2, 0) is 0 Å². The molecular weight excluding hydrogens is 290 g/mol. The zero-order chi connectivity index (χ0) is 15.5. The van der Waals surface area contributed by atoms with E-state index in [1.54, 1.807) is 0 Å². The van der Waals surface area contributed by atoms with Gasteiger partial charge in [-0.15, -0.1) is 0 Å². The Kier molecular flexibility index (Phi) is 6.77. The standard InChI is InChI=1S/C19H37P2/c1-6-16-10-11-17(7-2)20(16)14-15-21(5)18(8-3)12-13-19(21)9-4/h14-19H,6-13H2,1-5H3/q+1/b15-14-/t16-,17-,18-,19-/m1/s1. The summed E-state index contributed by atoms with van der Waals surface area (Å²) in [5.41, 5.74) is 4.15. The van der Waals surface area contributed by atoms with E-state index in [1.165, 1.54) is 51.4 Å². The first-order chi connectivity index (χ1) is 10.1. The lowest BCUT2D eigenvalue weighted by atomic mass is 10.1. The topological polar surface area (TPSA) is 0 Å². The number of hydrogen-bond acceptors (Lipinski definition) is 0. The van der Waals surface area contributed by atoms with Crippen LogP contribution in [0.3, 0.4) is 0 Å². The van der Waals surface area contributed by atoms with Crippen molar-refractivity contribution in [3.05, 3.63) is 11.6 Å². The lowest BCUT2D eigenvalue weighted by Gasteiger charge is -2.28. The first-order valence-electron chi connectivity index (χ1n) is 9.42. The normalized spacial score (nSPS) is 36.8. The molecule has 0 aromatic carbocycles. The molecule has 2 fully saturated rings. The molecule has 0 amide bonds. The summed E-state index contributed by atoms with van der Waals surface area (Å²) < 4.78 is 0. The van der Waals surface area contributed by atoms with Gasteiger partial charge in [-0.1, -0.05) is 35.6 Å². The summed E-state index contributed by atoms with van der Waals surface area (Å²) in [6.45, 7) is 12.4. The van der Waals surface area contributed by atoms with Crippen molar-refractivity contribution >= 4 is 15.2 Å². The van der Waals surface area contributed by atoms with Crippen LogP contribution >= 0.6 is 15.2 Å². The van der Waals surface area contributed by atoms with Crippen LogP contribution in [-0.4, -0.2) is 29.3 Å².